The number of nitrogens with one attached hydrogen (secondary N) is 2. The van der Waals surface area contributed by atoms with E-state index in [1.807, 2.05) is 0 Å². The highest BCUT2D eigenvalue weighted by molar-refractivity contribution is 5.95. The molecule has 3 amide bonds. The summed E-state index contributed by atoms with van der Waals surface area (Å²) in [5, 5.41) is 5.37. The molecule has 39 heavy (non-hydrogen) atoms. The normalized spacial score (nSPS) is 20.7. The van der Waals surface area contributed by atoms with Gasteiger partial charge in [-0.05, 0) is 55.0 Å². The van der Waals surface area contributed by atoms with Crippen LogP contribution >= 0.6 is 0 Å². The van der Waals surface area contributed by atoms with Crippen molar-refractivity contribution >= 4 is 17.7 Å². The molecule has 2 atom stereocenters. The van der Waals surface area contributed by atoms with E-state index in [-0.39, 0.29) is 56.3 Å². The molecule has 0 saturated carbocycles. The van der Waals surface area contributed by atoms with E-state index in [0.29, 0.717) is 6.54 Å². The summed E-state index contributed by atoms with van der Waals surface area (Å²) >= 11 is 0. The van der Waals surface area contributed by atoms with Crippen LogP contribution < -0.4 is 10.6 Å². The minimum atomic E-state index is -5.13. The van der Waals surface area contributed by atoms with Crippen LogP contribution in [0.1, 0.15) is 53.6 Å². The molecule has 4 rings (SSSR count). The number of rotatable bonds is 6. The van der Waals surface area contributed by atoms with E-state index >= 15 is 0 Å². The predicted octanol–water partition coefficient (Wildman–Crippen LogP) is 3.89. The molecule has 0 aliphatic carbocycles. The number of likely N-dealkylation sites (tertiary alicyclic amines) is 1. The smallest absolute Gasteiger partial charge is 0.356 e. The number of amides is 3. The van der Waals surface area contributed by atoms with Gasteiger partial charge in [0.1, 0.15) is 5.82 Å². The van der Waals surface area contributed by atoms with Crippen molar-refractivity contribution in [3.8, 4) is 0 Å². The van der Waals surface area contributed by atoms with Crippen LogP contribution in [-0.2, 0) is 19.9 Å². The van der Waals surface area contributed by atoms with Gasteiger partial charge in [0, 0.05) is 56.8 Å². The SMILES string of the molecule is CCNC(=O)c1cccc(C(OC)(C(=O)N2CCC3(CC2)CC(=O)NC[C@H]3c2ccc(F)cc2)C(F)(F)F)c1. The molecule has 2 N–H and O–H groups in total. The Labute approximate surface area is 223 Å². The van der Waals surface area contributed by atoms with Gasteiger partial charge in [0.15, 0.2) is 0 Å². The Morgan fingerprint density at radius 2 is 1.79 bits per heavy atom. The van der Waals surface area contributed by atoms with E-state index < -0.39 is 40.4 Å². The molecule has 11 heteroatoms. The number of ether oxygens (including phenoxy) is 1. The third-order valence-corrected chi connectivity index (χ3v) is 7.95. The summed E-state index contributed by atoms with van der Waals surface area (Å²) in [6, 6.07) is 10.8. The lowest BCUT2D eigenvalue weighted by Crippen LogP contribution is -2.60. The topological polar surface area (TPSA) is 87.7 Å². The minimum absolute atomic E-state index is 0.0268. The fraction of sp³-hybridized carbons (Fsp3) is 0.464. The summed E-state index contributed by atoms with van der Waals surface area (Å²) in [4.78, 5) is 39.5. The van der Waals surface area contributed by atoms with E-state index in [1.165, 1.54) is 24.3 Å². The van der Waals surface area contributed by atoms with Crippen LogP contribution in [0.5, 0.6) is 0 Å². The van der Waals surface area contributed by atoms with E-state index in [9.17, 15) is 31.9 Å². The Morgan fingerprint density at radius 1 is 1.13 bits per heavy atom. The highest BCUT2D eigenvalue weighted by atomic mass is 19.4. The van der Waals surface area contributed by atoms with Gasteiger partial charge in [-0.1, -0.05) is 24.3 Å². The lowest BCUT2D eigenvalue weighted by atomic mass is 9.62. The van der Waals surface area contributed by atoms with Crippen molar-refractivity contribution in [2.24, 2.45) is 5.41 Å². The molecule has 2 heterocycles. The first-order valence-corrected chi connectivity index (χ1v) is 12.8. The summed E-state index contributed by atoms with van der Waals surface area (Å²) < 4.78 is 62.7. The quantitative estimate of drug-likeness (QED) is 0.536. The van der Waals surface area contributed by atoms with Crippen molar-refractivity contribution in [3.05, 3.63) is 71.0 Å². The van der Waals surface area contributed by atoms with Crippen molar-refractivity contribution < 1.29 is 36.7 Å². The zero-order valence-electron chi connectivity index (χ0n) is 21.7. The Hall–Kier alpha value is -3.47. The molecule has 2 fully saturated rings. The summed E-state index contributed by atoms with van der Waals surface area (Å²) in [5.74, 6) is -2.60. The van der Waals surface area contributed by atoms with Gasteiger partial charge in [-0.2, -0.15) is 13.2 Å². The molecule has 1 spiro atoms. The van der Waals surface area contributed by atoms with Crippen LogP contribution in [0.15, 0.2) is 48.5 Å². The molecular formula is C28H31F4N3O4. The van der Waals surface area contributed by atoms with Crippen molar-refractivity contribution in [2.75, 3.05) is 33.3 Å². The van der Waals surface area contributed by atoms with Gasteiger partial charge < -0.3 is 20.3 Å². The number of alkyl halides is 3. The fourth-order valence-electron chi connectivity index (χ4n) is 5.88. The van der Waals surface area contributed by atoms with Crippen LogP contribution in [0.25, 0.3) is 0 Å². The zero-order chi connectivity index (χ0) is 28.4. The number of hydrogen-bond donors (Lipinski definition) is 2. The van der Waals surface area contributed by atoms with Crippen molar-refractivity contribution in [2.45, 2.75) is 43.9 Å². The zero-order valence-corrected chi connectivity index (χ0v) is 21.7. The van der Waals surface area contributed by atoms with Gasteiger partial charge in [-0.25, -0.2) is 4.39 Å². The number of hydrogen-bond acceptors (Lipinski definition) is 4. The molecule has 2 aliphatic heterocycles. The molecule has 2 aliphatic rings. The second-order valence-corrected chi connectivity index (χ2v) is 10.1. The summed E-state index contributed by atoms with van der Waals surface area (Å²) in [5.41, 5.74) is -3.61. The molecule has 0 radical (unpaired) electrons. The minimum Gasteiger partial charge on any atom is -0.356 e. The van der Waals surface area contributed by atoms with Gasteiger partial charge in [0.25, 0.3) is 17.4 Å². The Bertz CT molecular complexity index is 1230. The van der Waals surface area contributed by atoms with E-state index in [0.717, 1.165) is 29.7 Å². The number of halogens is 4. The monoisotopic (exact) mass is 549 g/mol. The van der Waals surface area contributed by atoms with Crippen LogP contribution in [0.3, 0.4) is 0 Å². The number of piperidine rings is 2. The third kappa shape index (κ3) is 5.24. The second kappa shape index (κ2) is 11.0. The largest absolute Gasteiger partial charge is 0.430 e. The molecule has 2 aromatic rings. The van der Waals surface area contributed by atoms with Gasteiger partial charge in [0.2, 0.25) is 5.91 Å². The first kappa shape index (κ1) is 28.5. The molecule has 7 nitrogen and oxygen atoms in total. The third-order valence-electron chi connectivity index (χ3n) is 7.95. The predicted molar refractivity (Wildman–Crippen MR) is 134 cm³/mol. The van der Waals surface area contributed by atoms with Crippen LogP contribution in [0, 0.1) is 11.2 Å². The van der Waals surface area contributed by atoms with E-state index in [2.05, 4.69) is 10.6 Å². The van der Waals surface area contributed by atoms with Crippen molar-refractivity contribution in [1.29, 1.82) is 0 Å². The van der Waals surface area contributed by atoms with E-state index in [4.69, 9.17) is 4.74 Å². The molecule has 1 unspecified atom stereocenters. The molecular weight excluding hydrogens is 518 g/mol. The summed E-state index contributed by atoms with van der Waals surface area (Å²) in [7, 11) is 0.825. The number of benzene rings is 2. The summed E-state index contributed by atoms with van der Waals surface area (Å²) in [6.07, 6.45) is -4.41. The molecule has 0 aromatic heterocycles. The maximum Gasteiger partial charge on any atom is 0.430 e. The number of methoxy groups -OCH3 is 1. The van der Waals surface area contributed by atoms with Gasteiger partial charge in [-0.3, -0.25) is 14.4 Å². The maximum absolute atomic E-state index is 14.7. The molecule has 210 valence electrons. The number of carbonyl (C=O) groups excluding carboxylic acids is 3. The Kier molecular flexibility index (Phi) is 8.02. The van der Waals surface area contributed by atoms with Gasteiger partial charge in [0.05, 0.1) is 0 Å². The average Bonchev–Trinajstić information content (AvgIpc) is 2.90. The van der Waals surface area contributed by atoms with Gasteiger partial charge in [-0.15, -0.1) is 0 Å². The molecule has 2 saturated heterocycles. The van der Waals surface area contributed by atoms with Crippen LogP contribution in [-0.4, -0.2) is 62.1 Å². The lowest BCUT2D eigenvalue weighted by Gasteiger charge is -2.50. The first-order chi connectivity index (χ1) is 18.5. The Balaban J connectivity index is 1.64. The summed E-state index contributed by atoms with van der Waals surface area (Å²) in [6.45, 7) is 2.22. The van der Waals surface area contributed by atoms with Crippen LogP contribution in [0.4, 0.5) is 17.6 Å². The number of nitrogens with zero attached hydrogens (tertiary/aromatic N) is 1. The number of carbonyl (C=O) groups is 3. The molecule has 2 aromatic carbocycles. The first-order valence-electron chi connectivity index (χ1n) is 12.8. The van der Waals surface area contributed by atoms with E-state index in [1.54, 1.807) is 19.1 Å². The highest BCUT2D eigenvalue weighted by Gasteiger charge is 2.64. The average molecular weight is 550 g/mol. The maximum atomic E-state index is 14.7. The van der Waals surface area contributed by atoms with Crippen molar-refractivity contribution in [3.63, 3.8) is 0 Å². The lowest BCUT2D eigenvalue weighted by molar-refractivity contribution is -0.271. The van der Waals surface area contributed by atoms with Gasteiger partial charge >= 0.3 is 6.18 Å². The molecule has 0 bridgehead atoms. The second-order valence-electron chi connectivity index (χ2n) is 10.1. The highest BCUT2D eigenvalue weighted by Crippen LogP contribution is 2.50. The van der Waals surface area contributed by atoms with Crippen LogP contribution in [0.2, 0.25) is 0 Å². The van der Waals surface area contributed by atoms with Crippen molar-refractivity contribution in [1.82, 2.24) is 15.5 Å². The Morgan fingerprint density at radius 3 is 2.38 bits per heavy atom. The standard InChI is InChI=1S/C28H31F4N3O4/c1-3-33-24(37)19-5-4-6-20(15-19)27(39-2,28(30,31)32)25(38)35-13-11-26(12-14-35)16-23(36)34-17-22(26)18-7-9-21(29)10-8-18/h4-10,15,22H,3,11-14,16-17H2,1-2H3,(H,33,37)(H,34,36)/t22-,27?/m0/s1. The fourth-order valence-corrected chi connectivity index (χ4v) is 5.88.